The van der Waals surface area contributed by atoms with Gasteiger partial charge >= 0.3 is 11.8 Å². The summed E-state index contributed by atoms with van der Waals surface area (Å²) in [6.07, 6.45) is 1.63. The molecule has 1 aromatic carbocycles. The molecule has 28 heavy (non-hydrogen) atoms. The zero-order valence-corrected chi connectivity index (χ0v) is 14.7. The Labute approximate surface area is 158 Å². The summed E-state index contributed by atoms with van der Waals surface area (Å²) in [6.45, 7) is 2.07. The Balaban J connectivity index is 1.68. The van der Waals surface area contributed by atoms with Gasteiger partial charge < -0.3 is 29.9 Å². The zero-order chi connectivity index (χ0) is 20.3. The zero-order valence-electron chi connectivity index (χ0n) is 14.7. The lowest BCUT2D eigenvalue weighted by atomic mass is 10.2. The Morgan fingerprint density at radius 1 is 1.11 bits per heavy atom. The van der Waals surface area contributed by atoms with Crippen molar-refractivity contribution in [3.8, 4) is 0 Å². The van der Waals surface area contributed by atoms with E-state index in [1.54, 1.807) is 12.1 Å². The highest BCUT2D eigenvalue weighted by atomic mass is 19.1. The summed E-state index contributed by atoms with van der Waals surface area (Å²) in [5.74, 6) is -1.64. The van der Waals surface area contributed by atoms with Gasteiger partial charge in [-0.3, -0.25) is 4.90 Å². The number of carbonyl (C=O) groups excluding carboxylic acids is 1. The molecule has 12 heteroatoms. The number of imidazole rings is 1. The van der Waals surface area contributed by atoms with Crippen molar-refractivity contribution >= 4 is 23.7 Å². The molecule has 0 N–H and O–H groups in total. The number of anilines is 1. The molecule has 1 aliphatic heterocycles. The Kier molecular flexibility index (Phi) is 5.59. The number of hydrogen-bond donors (Lipinski definition) is 0. The van der Waals surface area contributed by atoms with Crippen molar-refractivity contribution in [1.29, 1.82) is 0 Å². The largest absolute Gasteiger partial charge is 0.439 e. The number of nitro groups is 2. The molecule has 0 radical (unpaired) electrons. The predicted octanol–water partition coefficient (Wildman–Crippen LogP) is 1.23. The van der Waals surface area contributed by atoms with Gasteiger partial charge in [-0.15, -0.1) is 0 Å². The average molecular weight is 392 g/mol. The standard InChI is InChI=1S/C16H17FN6O5/c17-12-1-3-13(4-2-12)19-5-7-20(8-6-19)14(11-24)9-21-10-15(22(25)26)18-16(21)23(27)28/h1-4,10-11,14H,5-9H2. The van der Waals surface area contributed by atoms with Gasteiger partial charge in [0, 0.05) is 31.9 Å². The van der Waals surface area contributed by atoms with Crippen LogP contribution >= 0.6 is 0 Å². The van der Waals surface area contributed by atoms with Crippen LogP contribution in [0.25, 0.3) is 0 Å². The molecule has 1 aromatic heterocycles. The number of halogens is 1. The number of aromatic nitrogens is 2. The molecular weight excluding hydrogens is 375 g/mol. The molecule has 2 heterocycles. The van der Waals surface area contributed by atoms with E-state index in [0.717, 1.165) is 16.5 Å². The maximum Gasteiger partial charge on any atom is 0.439 e. The fraction of sp³-hybridized carbons (Fsp3) is 0.375. The molecule has 1 atom stereocenters. The van der Waals surface area contributed by atoms with Crippen molar-refractivity contribution in [2.45, 2.75) is 12.6 Å². The van der Waals surface area contributed by atoms with Crippen molar-refractivity contribution in [2.24, 2.45) is 0 Å². The molecule has 1 saturated heterocycles. The minimum Gasteiger partial charge on any atom is -0.390 e. The topological polar surface area (TPSA) is 128 Å². The number of aldehydes is 1. The van der Waals surface area contributed by atoms with Crippen LogP contribution in [0, 0.1) is 26.0 Å². The van der Waals surface area contributed by atoms with Crippen LogP contribution in [0.3, 0.4) is 0 Å². The second kappa shape index (κ2) is 8.08. The van der Waals surface area contributed by atoms with Gasteiger partial charge in [0.1, 0.15) is 12.1 Å². The van der Waals surface area contributed by atoms with Crippen LogP contribution in [-0.2, 0) is 11.3 Å². The monoisotopic (exact) mass is 392 g/mol. The molecule has 3 rings (SSSR count). The molecular formula is C16H17FN6O5. The summed E-state index contributed by atoms with van der Waals surface area (Å²) in [7, 11) is 0. The quantitative estimate of drug-likeness (QED) is 0.391. The molecule has 0 aliphatic carbocycles. The summed E-state index contributed by atoms with van der Waals surface area (Å²) in [6, 6.07) is 5.41. The van der Waals surface area contributed by atoms with E-state index < -0.39 is 27.7 Å². The van der Waals surface area contributed by atoms with Crippen molar-refractivity contribution in [2.75, 3.05) is 31.1 Å². The second-order valence-electron chi connectivity index (χ2n) is 6.27. The van der Waals surface area contributed by atoms with Gasteiger partial charge in [-0.25, -0.2) is 8.96 Å². The minimum atomic E-state index is -0.819. The van der Waals surface area contributed by atoms with E-state index in [2.05, 4.69) is 4.98 Å². The van der Waals surface area contributed by atoms with E-state index >= 15 is 0 Å². The molecule has 148 valence electrons. The van der Waals surface area contributed by atoms with Gasteiger partial charge in [0.05, 0.1) is 12.6 Å². The maximum absolute atomic E-state index is 13.1. The maximum atomic E-state index is 13.1. The van der Waals surface area contributed by atoms with E-state index in [0.29, 0.717) is 32.5 Å². The Morgan fingerprint density at radius 3 is 2.29 bits per heavy atom. The predicted molar refractivity (Wildman–Crippen MR) is 95.6 cm³/mol. The third-order valence-electron chi connectivity index (χ3n) is 4.61. The summed E-state index contributed by atoms with van der Waals surface area (Å²) >= 11 is 0. The molecule has 11 nitrogen and oxygen atoms in total. The first kappa shape index (κ1) is 19.4. The van der Waals surface area contributed by atoms with E-state index in [1.807, 2.05) is 9.80 Å². The van der Waals surface area contributed by atoms with Crippen LogP contribution in [0.4, 0.5) is 21.8 Å². The molecule has 1 aliphatic rings. The number of hydrogen-bond acceptors (Lipinski definition) is 8. The van der Waals surface area contributed by atoms with E-state index in [4.69, 9.17) is 0 Å². The van der Waals surface area contributed by atoms with Crippen molar-refractivity contribution in [3.63, 3.8) is 0 Å². The first-order valence-electron chi connectivity index (χ1n) is 8.45. The normalized spacial score (nSPS) is 16.0. The minimum absolute atomic E-state index is 0.114. The molecule has 1 fully saturated rings. The second-order valence-corrected chi connectivity index (χ2v) is 6.27. The summed E-state index contributed by atoms with van der Waals surface area (Å²) in [4.78, 5) is 39.2. The lowest BCUT2D eigenvalue weighted by Gasteiger charge is -2.38. The van der Waals surface area contributed by atoms with Gasteiger partial charge in [-0.1, -0.05) is 0 Å². The van der Waals surface area contributed by atoms with Gasteiger partial charge in [0.15, 0.2) is 6.20 Å². The molecule has 2 aromatic rings. The first-order valence-corrected chi connectivity index (χ1v) is 8.45. The molecule has 0 amide bonds. The number of piperazine rings is 1. The number of nitrogens with zero attached hydrogens (tertiary/aromatic N) is 6. The van der Waals surface area contributed by atoms with E-state index in [9.17, 15) is 29.4 Å². The van der Waals surface area contributed by atoms with Crippen LogP contribution in [0.2, 0.25) is 0 Å². The molecule has 1 unspecified atom stereocenters. The van der Waals surface area contributed by atoms with Crippen LogP contribution in [0.1, 0.15) is 0 Å². The summed E-state index contributed by atoms with van der Waals surface area (Å²) in [5, 5.41) is 21.9. The number of rotatable bonds is 7. The third kappa shape index (κ3) is 4.11. The molecule has 0 bridgehead atoms. The van der Waals surface area contributed by atoms with Gasteiger partial charge in [-0.2, -0.15) is 0 Å². The lowest BCUT2D eigenvalue weighted by molar-refractivity contribution is -0.403. The third-order valence-corrected chi connectivity index (χ3v) is 4.61. The van der Waals surface area contributed by atoms with E-state index in [1.165, 1.54) is 12.1 Å². The Hall–Kier alpha value is -3.41. The lowest BCUT2D eigenvalue weighted by Crippen LogP contribution is -2.52. The smallest absolute Gasteiger partial charge is 0.390 e. The fourth-order valence-electron chi connectivity index (χ4n) is 3.17. The average Bonchev–Trinajstić information content (AvgIpc) is 3.11. The van der Waals surface area contributed by atoms with Crippen LogP contribution in [-0.4, -0.2) is 62.8 Å². The Bertz CT molecular complexity index is 878. The fourth-order valence-corrected chi connectivity index (χ4v) is 3.17. The van der Waals surface area contributed by atoms with Crippen molar-refractivity contribution < 1.29 is 19.0 Å². The summed E-state index contributed by atoms with van der Waals surface area (Å²) < 4.78 is 14.1. The number of carbonyl (C=O) groups is 1. The van der Waals surface area contributed by atoms with Crippen LogP contribution in [0.15, 0.2) is 30.5 Å². The van der Waals surface area contributed by atoms with Gasteiger partial charge in [0.2, 0.25) is 0 Å². The summed E-state index contributed by atoms with van der Waals surface area (Å²) in [5.41, 5.74) is 0.865. The first-order chi connectivity index (χ1) is 13.4. The van der Waals surface area contributed by atoms with Crippen molar-refractivity contribution in [3.05, 3.63) is 56.5 Å². The Morgan fingerprint density at radius 2 is 1.75 bits per heavy atom. The van der Waals surface area contributed by atoms with Gasteiger partial charge in [-0.05, 0) is 39.1 Å². The van der Waals surface area contributed by atoms with Crippen LogP contribution < -0.4 is 4.90 Å². The highest BCUT2D eigenvalue weighted by molar-refractivity contribution is 5.58. The van der Waals surface area contributed by atoms with Crippen molar-refractivity contribution in [1.82, 2.24) is 14.5 Å². The highest BCUT2D eigenvalue weighted by Gasteiger charge is 2.29. The highest BCUT2D eigenvalue weighted by Crippen LogP contribution is 2.21. The number of benzene rings is 1. The SMILES string of the molecule is O=CC(Cn1cc([N+](=O)[O-])nc1[N+](=O)[O-])N1CCN(c2ccc(F)cc2)CC1. The van der Waals surface area contributed by atoms with Crippen LogP contribution in [0.5, 0.6) is 0 Å². The van der Waals surface area contributed by atoms with Gasteiger partial charge in [0.25, 0.3) is 0 Å². The van der Waals surface area contributed by atoms with E-state index in [-0.39, 0.29) is 12.4 Å². The molecule has 0 saturated carbocycles. The molecule has 0 spiro atoms.